The standard InChI is InChI=1S/C11H14F3NO.C11H17NO2.2C11H17NO.C11H17N.C10H15NO.2C10H15N.C9H13N/c1-10(2,3)8-5-4-6-9(15-8)16-7-11(12,13)14;1-11(2,3)9-5-4-6-10(12-9)14-8-7-13;1-8-6-9(11(2,3)4)12-10(7-8)13-5;1-5-13-10-8-6-7-9(12-10)11(2,3)4;1-5-9-7-6-8-10(12-9)11(2,3)4;1-10(2,3)9-6-4-5-8(7-12)11-9;1-8-7-9(5-6-11-8)10(2,3)4;1-8-6-5-7-9(11-8)10(2,3)4;1-9(2,3)8-4-6-10-7-5-8/h4-6H,7H2,1-3H3;4-6,13H,7-8H2,1-3H3;6-7H,1-5H3;6-8H,5H2,1-4H3;6-8H,5H2,1-4H3;4-6,12H,7H2,1-3H3;2*5-7H,1-4H3;4-7H,1-3H3. The van der Waals surface area contributed by atoms with E-state index in [4.69, 9.17) is 24.4 Å². The first-order valence-corrected chi connectivity index (χ1v) is 38.7. The lowest BCUT2D eigenvalue weighted by Crippen LogP contribution is -2.20. The number of pyridine rings is 9. The number of aryl methyl sites for hydroxylation is 4. The highest BCUT2D eigenvalue weighted by Gasteiger charge is 2.29. The first kappa shape index (κ1) is 101. The number of alkyl halides is 3. The van der Waals surface area contributed by atoms with Gasteiger partial charge in [-0.15, -0.1) is 0 Å². The second-order valence-corrected chi connectivity index (χ2v) is 36.4. The molecule has 0 bridgehead atoms. The summed E-state index contributed by atoms with van der Waals surface area (Å²) in [4.78, 5) is 38.6. The summed E-state index contributed by atoms with van der Waals surface area (Å²) in [6, 6.07) is 46.9. The maximum absolute atomic E-state index is 11.9. The van der Waals surface area contributed by atoms with Gasteiger partial charge in [0.05, 0.1) is 38.3 Å². The van der Waals surface area contributed by atoms with Crippen LogP contribution < -0.4 is 18.9 Å². The maximum Gasteiger partial charge on any atom is 0.422 e. The van der Waals surface area contributed by atoms with Crippen LogP contribution in [0.3, 0.4) is 0 Å². The topological polar surface area (TPSA) is 193 Å². The van der Waals surface area contributed by atoms with Gasteiger partial charge in [0.2, 0.25) is 23.5 Å². The molecule has 18 heteroatoms. The van der Waals surface area contributed by atoms with Gasteiger partial charge in [-0.05, 0) is 147 Å². The third-order valence-electron chi connectivity index (χ3n) is 16.1. The molecule has 15 nitrogen and oxygen atoms in total. The molecule has 9 aromatic rings. The number of rotatable bonds is 10. The van der Waals surface area contributed by atoms with Gasteiger partial charge in [-0.3, -0.25) is 24.9 Å². The van der Waals surface area contributed by atoms with E-state index in [1.807, 2.05) is 121 Å². The Morgan fingerprint density at radius 3 is 1.03 bits per heavy atom. The smallest absolute Gasteiger partial charge is 0.422 e. The third-order valence-corrected chi connectivity index (χ3v) is 16.1. The van der Waals surface area contributed by atoms with Crippen molar-refractivity contribution in [3.8, 4) is 23.5 Å². The lowest BCUT2D eigenvalue weighted by Gasteiger charge is -2.18. The number of hydrogen-bond acceptors (Lipinski definition) is 15. The van der Waals surface area contributed by atoms with Crippen LogP contribution in [0.4, 0.5) is 13.2 Å². The van der Waals surface area contributed by atoms with Crippen LogP contribution in [0.15, 0.2) is 164 Å². The molecule has 9 rings (SSSR count). The van der Waals surface area contributed by atoms with Crippen molar-refractivity contribution in [2.45, 2.75) is 289 Å². The SMILES string of the molecule is CC(C)(C)c1cccc(CO)n1.CC(C)(C)c1cccc(OCC(F)(F)F)n1.CC(C)(C)c1cccc(OCCO)n1.CC(C)(C)c1ccncc1.CCOc1cccc(C(C)(C)C)n1.CCc1cccc(C(C)(C)C)n1.COc1cc(C)cc(C(C)(C)C)n1.Cc1cc(C(C)(C)C)ccn1.Cc1cccc(C(C)(C)C)n1. The molecule has 0 aromatic carbocycles. The van der Waals surface area contributed by atoms with Crippen LogP contribution in [0.1, 0.15) is 280 Å². The Labute approximate surface area is 673 Å². The van der Waals surface area contributed by atoms with E-state index in [0.29, 0.717) is 30.7 Å². The van der Waals surface area contributed by atoms with Crippen LogP contribution in [-0.2, 0) is 61.8 Å². The number of aliphatic hydroxyl groups excluding tert-OH is 2. The minimum atomic E-state index is -4.33. The zero-order valence-corrected chi connectivity index (χ0v) is 74.5. The normalized spacial score (nSPS) is 11.7. The summed E-state index contributed by atoms with van der Waals surface area (Å²) < 4.78 is 56.0. The van der Waals surface area contributed by atoms with Gasteiger partial charge in [0.25, 0.3) is 0 Å². The molecule has 618 valence electrons. The second kappa shape index (κ2) is 45.8. The van der Waals surface area contributed by atoms with Crippen molar-refractivity contribution >= 4 is 0 Å². The maximum atomic E-state index is 11.9. The molecule has 9 heterocycles. The zero-order valence-electron chi connectivity index (χ0n) is 74.5. The fourth-order valence-electron chi connectivity index (χ4n) is 9.22. The average Bonchev–Trinajstić information content (AvgIpc) is 0.840. The Hall–Kier alpha value is -8.74. The molecule has 0 saturated heterocycles. The molecule has 0 saturated carbocycles. The summed E-state index contributed by atoms with van der Waals surface area (Å²) >= 11 is 0. The van der Waals surface area contributed by atoms with E-state index >= 15 is 0 Å². The molecule has 2 N–H and O–H groups in total. The van der Waals surface area contributed by atoms with Gasteiger partial charge in [-0.1, -0.05) is 230 Å². The van der Waals surface area contributed by atoms with E-state index in [-0.39, 0.29) is 67.8 Å². The van der Waals surface area contributed by atoms with Gasteiger partial charge >= 0.3 is 6.18 Å². The Morgan fingerprint density at radius 2 is 0.696 bits per heavy atom. The molecule has 0 atom stereocenters. The number of halogens is 3. The van der Waals surface area contributed by atoms with E-state index in [0.717, 1.165) is 57.9 Å². The molecule has 0 amide bonds. The summed E-state index contributed by atoms with van der Waals surface area (Å²) in [5.74, 6) is 2.00. The minimum absolute atomic E-state index is 0.00440. The van der Waals surface area contributed by atoms with E-state index in [9.17, 15) is 13.2 Å². The van der Waals surface area contributed by atoms with Gasteiger partial charge in [0.15, 0.2) is 6.61 Å². The number of methoxy groups -OCH3 is 1. The first-order chi connectivity index (χ1) is 51.4. The Bertz CT molecular complexity index is 4010. The number of aromatic nitrogens is 9. The molecule has 0 fully saturated rings. The molecule has 0 aliphatic heterocycles. The Kier molecular flexibility index (Phi) is 41.4. The van der Waals surface area contributed by atoms with E-state index in [1.165, 1.54) is 34.1 Å². The molecule has 9 aromatic heterocycles. The van der Waals surface area contributed by atoms with Gasteiger partial charge in [-0.25, -0.2) is 19.9 Å². The van der Waals surface area contributed by atoms with Crippen molar-refractivity contribution in [3.63, 3.8) is 0 Å². The molecular formula is C94H140F3N9O6. The number of ether oxygens (including phenoxy) is 4. The predicted molar refractivity (Wildman–Crippen MR) is 458 cm³/mol. The summed E-state index contributed by atoms with van der Waals surface area (Å²) in [5, 5.41) is 17.5. The first-order valence-electron chi connectivity index (χ1n) is 38.7. The van der Waals surface area contributed by atoms with Crippen molar-refractivity contribution in [3.05, 3.63) is 244 Å². The van der Waals surface area contributed by atoms with Crippen LogP contribution >= 0.6 is 0 Å². The fourth-order valence-corrected chi connectivity index (χ4v) is 9.22. The van der Waals surface area contributed by atoms with Crippen LogP contribution in [0.25, 0.3) is 0 Å². The average molecular weight is 1550 g/mol. The molecule has 0 spiro atoms. The minimum Gasteiger partial charge on any atom is -0.481 e. The van der Waals surface area contributed by atoms with Crippen molar-refractivity contribution in [1.29, 1.82) is 0 Å². The van der Waals surface area contributed by atoms with Crippen molar-refractivity contribution in [2.75, 3.05) is 33.5 Å². The van der Waals surface area contributed by atoms with Crippen molar-refractivity contribution in [2.24, 2.45) is 0 Å². The van der Waals surface area contributed by atoms with E-state index in [1.54, 1.807) is 25.3 Å². The summed E-state index contributed by atoms with van der Waals surface area (Å²) in [6.45, 7) is 67.5. The summed E-state index contributed by atoms with van der Waals surface area (Å²) in [7, 11) is 1.65. The lowest BCUT2D eigenvalue weighted by atomic mass is 9.87. The largest absolute Gasteiger partial charge is 0.481 e. The van der Waals surface area contributed by atoms with Crippen LogP contribution in [0.5, 0.6) is 23.5 Å². The van der Waals surface area contributed by atoms with Crippen LogP contribution in [-0.4, -0.2) is 94.8 Å². The van der Waals surface area contributed by atoms with Crippen LogP contribution in [0.2, 0.25) is 0 Å². The Balaban J connectivity index is 0.000000632. The highest BCUT2D eigenvalue weighted by Crippen LogP contribution is 2.29. The molecular weight excluding hydrogens is 1410 g/mol. The third kappa shape index (κ3) is 42.8. The molecule has 0 aliphatic rings. The molecule has 0 unspecified atom stereocenters. The Morgan fingerprint density at radius 1 is 0.339 bits per heavy atom. The van der Waals surface area contributed by atoms with Crippen molar-refractivity contribution < 1.29 is 42.3 Å². The monoisotopic (exact) mass is 1550 g/mol. The van der Waals surface area contributed by atoms with Gasteiger partial charge in [0.1, 0.15) is 6.61 Å². The van der Waals surface area contributed by atoms with E-state index < -0.39 is 12.8 Å². The second-order valence-electron chi connectivity index (χ2n) is 36.4. The predicted octanol–water partition coefficient (Wildman–Crippen LogP) is 23.1. The highest BCUT2D eigenvalue weighted by atomic mass is 19.4. The van der Waals surface area contributed by atoms with Gasteiger partial charge in [-0.2, -0.15) is 13.2 Å². The quantitative estimate of drug-likeness (QED) is 0.131. The van der Waals surface area contributed by atoms with Crippen LogP contribution in [0, 0.1) is 20.8 Å². The number of hydrogen-bond donors (Lipinski definition) is 2. The number of aliphatic hydroxyl groups is 2. The zero-order chi connectivity index (χ0) is 85.9. The summed E-state index contributed by atoms with van der Waals surface area (Å²) in [6.07, 6.45) is 2.22. The van der Waals surface area contributed by atoms with Crippen molar-refractivity contribution in [1.82, 2.24) is 44.9 Å². The summed E-state index contributed by atoms with van der Waals surface area (Å²) in [5.41, 5.74) is 16.1. The van der Waals surface area contributed by atoms with Gasteiger partial charge in [0, 0.05) is 132 Å². The number of nitrogens with zero attached hydrogens (tertiary/aromatic N) is 9. The molecule has 112 heavy (non-hydrogen) atoms. The highest BCUT2D eigenvalue weighted by molar-refractivity contribution is 5.29. The lowest BCUT2D eigenvalue weighted by molar-refractivity contribution is -0.154. The fraction of sp³-hybridized carbons (Fsp3) is 0.521. The van der Waals surface area contributed by atoms with Gasteiger partial charge < -0.3 is 29.2 Å². The molecule has 0 aliphatic carbocycles. The van der Waals surface area contributed by atoms with E-state index in [2.05, 4.69) is 290 Å². The molecule has 0 radical (unpaired) electrons.